The van der Waals surface area contributed by atoms with Gasteiger partial charge in [-0.2, -0.15) is 0 Å². The maximum Gasteiger partial charge on any atom is 0.273 e. The number of aromatic nitrogens is 1. The summed E-state index contributed by atoms with van der Waals surface area (Å²) in [6, 6.07) is 15.9. The molecule has 3 aromatic rings. The molecule has 1 heterocycles. The Balaban J connectivity index is 1.71. The highest BCUT2D eigenvalue weighted by atomic mass is 35.5. The molecule has 4 nitrogen and oxygen atoms in total. The first-order valence-corrected chi connectivity index (χ1v) is 8.07. The molecule has 3 rings (SSSR count). The van der Waals surface area contributed by atoms with Crippen molar-refractivity contribution in [2.24, 2.45) is 0 Å². The molecule has 0 bridgehead atoms. The smallest absolute Gasteiger partial charge is 0.273 e. The minimum Gasteiger partial charge on any atom is -0.355 e. The number of halogens is 2. The minimum absolute atomic E-state index is 0.176. The molecule has 1 aromatic heterocycles. The molecule has 122 valence electrons. The van der Waals surface area contributed by atoms with Crippen LogP contribution in [0.15, 0.2) is 59.1 Å². The summed E-state index contributed by atoms with van der Waals surface area (Å²) in [6.45, 7) is 1.89. The number of carbonyl (C=O) groups excluding carboxylic acids is 1. The quantitative estimate of drug-likeness (QED) is 0.700. The lowest BCUT2D eigenvalue weighted by Gasteiger charge is -2.13. The van der Waals surface area contributed by atoms with E-state index in [2.05, 4.69) is 10.5 Å². The molecule has 0 saturated carbocycles. The molecule has 0 saturated heterocycles. The van der Waals surface area contributed by atoms with Crippen molar-refractivity contribution < 1.29 is 9.32 Å². The predicted molar refractivity (Wildman–Crippen MR) is 94.3 cm³/mol. The van der Waals surface area contributed by atoms with Crippen LogP contribution in [0.2, 0.25) is 10.0 Å². The molecule has 0 fully saturated rings. The van der Waals surface area contributed by atoms with E-state index >= 15 is 0 Å². The van der Waals surface area contributed by atoms with E-state index in [0.717, 1.165) is 11.1 Å². The van der Waals surface area contributed by atoms with Gasteiger partial charge in [0, 0.05) is 21.7 Å². The Labute approximate surface area is 149 Å². The number of hydrogen-bond acceptors (Lipinski definition) is 3. The molecule has 1 N–H and O–H groups in total. The number of nitrogens with one attached hydrogen (secondary N) is 1. The lowest BCUT2D eigenvalue weighted by Crippen LogP contribution is -2.26. The summed E-state index contributed by atoms with van der Waals surface area (Å²) in [5, 5.41) is 8.00. The zero-order valence-corrected chi connectivity index (χ0v) is 14.3. The standard InChI is InChI=1S/C18H14Cl2N2O2/c1-11(12-2-6-14(19)7-3-12)21-18(23)16-10-17(24-22-16)13-4-8-15(20)9-5-13/h2-11H,1H3,(H,21,23)/t11-/m1/s1. The van der Waals surface area contributed by atoms with Crippen LogP contribution in [0.25, 0.3) is 11.3 Å². The van der Waals surface area contributed by atoms with Crippen LogP contribution in [-0.4, -0.2) is 11.1 Å². The van der Waals surface area contributed by atoms with Crippen molar-refractivity contribution in [2.75, 3.05) is 0 Å². The van der Waals surface area contributed by atoms with Gasteiger partial charge in [-0.15, -0.1) is 0 Å². The Morgan fingerprint density at radius 2 is 1.62 bits per heavy atom. The predicted octanol–water partition coefficient (Wildman–Crippen LogP) is 5.14. The van der Waals surface area contributed by atoms with Gasteiger partial charge >= 0.3 is 0 Å². The first-order chi connectivity index (χ1) is 11.5. The van der Waals surface area contributed by atoms with Crippen molar-refractivity contribution in [3.63, 3.8) is 0 Å². The first kappa shape index (κ1) is 16.6. The SMILES string of the molecule is C[C@@H](NC(=O)c1cc(-c2ccc(Cl)cc2)on1)c1ccc(Cl)cc1. The van der Waals surface area contributed by atoms with Gasteiger partial charge in [0.05, 0.1) is 6.04 Å². The van der Waals surface area contributed by atoms with E-state index in [4.69, 9.17) is 27.7 Å². The highest BCUT2D eigenvalue weighted by Gasteiger charge is 2.16. The third kappa shape index (κ3) is 3.78. The highest BCUT2D eigenvalue weighted by molar-refractivity contribution is 6.30. The zero-order valence-electron chi connectivity index (χ0n) is 12.8. The summed E-state index contributed by atoms with van der Waals surface area (Å²) in [6.07, 6.45) is 0. The Kier molecular flexibility index (Phi) is 4.88. The molecule has 0 unspecified atom stereocenters. The van der Waals surface area contributed by atoms with Crippen LogP contribution in [0.4, 0.5) is 0 Å². The number of hydrogen-bond donors (Lipinski definition) is 1. The Bertz CT molecular complexity index is 842. The Morgan fingerprint density at radius 3 is 2.25 bits per heavy atom. The normalized spacial score (nSPS) is 12.0. The molecule has 24 heavy (non-hydrogen) atoms. The Hall–Kier alpha value is -2.30. The van der Waals surface area contributed by atoms with Crippen molar-refractivity contribution in [2.45, 2.75) is 13.0 Å². The second-order valence-corrected chi connectivity index (χ2v) is 6.20. The van der Waals surface area contributed by atoms with E-state index in [9.17, 15) is 4.79 Å². The molecule has 1 atom stereocenters. The topological polar surface area (TPSA) is 55.1 Å². The third-order valence-electron chi connectivity index (χ3n) is 3.59. The minimum atomic E-state index is -0.304. The lowest BCUT2D eigenvalue weighted by molar-refractivity contribution is 0.0931. The molecular formula is C18H14Cl2N2O2. The summed E-state index contributed by atoms with van der Waals surface area (Å²) in [4.78, 5) is 12.3. The lowest BCUT2D eigenvalue weighted by atomic mass is 10.1. The van der Waals surface area contributed by atoms with Crippen molar-refractivity contribution in [3.8, 4) is 11.3 Å². The van der Waals surface area contributed by atoms with E-state index in [0.29, 0.717) is 15.8 Å². The second kappa shape index (κ2) is 7.07. The molecule has 6 heteroatoms. The van der Waals surface area contributed by atoms with Crippen LogP contribution >= 0.6 is 23.2 Å². The maximum atomic E-state index is 12.3. The summed E-state index contributed by atoms with van der Waals surface area (Å²) in [5.41, 5.74) is 1.98. The molecular weight excluding hydrogens is 347 g/mol. The highest BCUT2D eigenvalue weighted by Crippen LogP contribution is 2.23. The average molecular weight is 361 g/mol. The number of carbonyl (C=O) groups is 1. The number of rotatable bonds is 4. The van der Waals surface area contributed by atoms with Crippen molar-refractivity contribution in [3.05, 3.63) is 75.9 Å². The molecule has 0 radical (unpaired) electrons. The monoisotopic (exact) mass is 360 g/mol. The molecule has 0 aliphatic carbocycles. The molecule has 0 aliphatic heterocycles. The molecule has 0 aliphatic rings. The van der Waals surface area contributed by atoms with Crippen LogP contribution in [-0.2, 0) is 0 Å². The fourth-order valence-corrected chi connectivity index (χ4v) is 2.49. The van der Waals surface area contributed by atoms with Gasteiger partial charge in [0.2, 0.25) is 0 Å². The van der Waals surface area contributed by atoms with Gasteiger partial charge < -0.3 is 9.84 Å². The van der Waals surface area contributed by atoms with Gasteiger partial charge in [0.25, 0.3) is 5.91 Å². The summed E-state index contributed by atoms with van der Waals surface area (Å²) in [5.74, 6) is 0.206. The molecule has 0 spiro atoms. The summed E-state index contributed by atoms with van der Waals surface area (Å²) >= 11 is 11.7. The molecule has 2 aromatic carbocycles. The second-order valence-electron chi connectivity index (χ2n) is 5.33. The van der Waals surface area contributed by atoms with Gasteiger partial charge in [0.15, 0.2) is 11.5 Å². The maximum absolute atomic E-state index is 12.3. The van der Waals surface area contributed by atoms with Crippen LogP contribution in [0.5, 0.6) is 0 Å². The van der Waals surface area contributed by atoms with Crippen LogP contribution in [0, 0.1) is 0 Å². The van der Waals surface area contributed by atoms with Gasteiger partial charge in [-0.3, -0.25) is 4.79 Å². The summed E-state index contributed by atoms with van der Waals surface area (Å²) < 4.78 is 5.24. The van der Waals surface area contributed by atoms with Gasteiger partial charge in [-0.05, 0) is 48.9 Å². The van der Waals surface area contributed by atoms with Crippen LogP contribution in [0.1, 0.15) is 29.0 Å². The average Bonchev–Trinajstić information content (AvgIpc) is 3.06. The number of benzene rings is 2. The largest absolute Gasteiger partial charge is 0.355 e. The van der Waals surface area contributed by atoms with Gasteiger partial charge in [0.1, 0.15) is 0 Å². The first-order valence-electron chi connectivity index (χ1n) is 7.32. The van der Waals surface area contributed by atoms with Crippen LogP contribution < -0.4 is 5.32 Å². The number of amides is 1. The van der Waals surface area contributed by atoms with Crippen molar-refractivity contribution in [1.29, 1.82) is 0 Å². The van der Waals surface area contributed by atoms with Gasteiger partial charge in [-0.25, -0.2) is 0 Å². The Morgan fingerprint density at radius 1 is 1.04 bits per heavy atom. The molecule has 1 amide bonds. The number of nitrogens with zero attached hydrogens (tertiary/aromatic N) is 1. The van der Waals surface area contributed by atoms with E-state index in [1.165, 1.54) is 0 Å². The van der Waals surface area contributed by atoms with Crippen molar-refractivity contribution >= 4 is 29.1 Å². The van der Waals surface area contributed by atoms with Crippen molar-refractivity contribution in [1.82, 2.24) is 10.5 Å². The van der Waals surface area contributed by atoms with Crippen LogP contribution in [0.3, 0.4) is 0 Å². The fraction of sp³-hybridized carbons (Fsp3) is 0.111. The van der Waals surface area contributed by atoms with E-state index in [1.807, 2.05) is 19.1 Å². The van der Waals surface area contributed by atoms with E-state index < -0.39 is 0 Å². The van der Waals surface area contributed by atoms with E-state index in [-0.39, 0.29) is 17.6 Å². The zero-order chi connectivity index (χ0) is 17.1. The fourth-order valence-electron chi connectivity index (χ4n) is 2.24. The van der Waals surface area contributed by atoms with E-state index in [1.54, 1.807) is 42.5 Å². The van der Waals surface area contributed by atoms with Gasteiger partial charge in [-0.1, -0.05) is 40.5 Å². The summed E-state index contributed by atoms with van der Waals surface area (Å²) in [7, 11) is 0. The third-order valence-corrected chi connectivity index (χ3v) is 4.09.